The summed E-state index contributed by atoms with van der Waals surface area (Å²) < 4.78 is 1.85. The van der Waals surface area contributed by atoms with Crippen molar-refractivity contribution < 1.29 is 0 Å². The van der Waals surface area contributed by atoms with Crippen molar-refractivity contribution >= 4 is 5.82 Å². The summed E-state index contributed by atoms with van der Waals surface area (Å²) in [7, 11) is 0. The van der Waals surface area contributed by atoms with E-state index < -0.39 is 0 Å². The first-order chi connectivity index (χ1) is 7.65. The molecule has 1 aromatic heterocycles. The van der Waals surface area contributed by atoms with Gasteiger partial charge in [-0.15, -0.1) is 0 Å². The van der Waals surface area contributed by atoms with Crippen molar-refractivity contribution in [1.82, 2.24) is 9.78 Å². The van der Waals surface area contributed by atoms with Crippen molar-refractivity contribution in [3.05, 3.63) is 47.7 Å². The lowest BCUT2D eigenvalue weighted by Crippen LogP contribution is -2.01. The van der Waals surface area contributed by atoms with Gasteiger partial charge in [-0.2, -0.15) is 5.10 Å². The Morgan fingerprint density at radius 2 is 1.88 bits per heavy atom. The molecule has 0 radical (unpaired) electrons. The molecule has 84 valence electrons. The highest BCUT2D eigenvalue weighted by atomic mass is 15.3. The Hall–Kier alpha value is -1.77. The molecule has 0 atom stereocenters. The Bertz CT molecular complexity index is 454. The second-order valence-corrected chi connectivity index (χ2v) is 4.33. The minimum atomic E-state index is 0.568. The van der Waals surface area contributed by atoms with Gasteiger partial charge in [-0.1, -0.05) is 38.1 Å². The fourth-order valence-electron chi connectivity index (χ4n) is 1.66. The molecule has 1 heterocycles. The molecule has 16 heavy (non-hydrogen) atoms. The highest BCUT2D eigenvalue weighted by Crippen LogP contribution is 2.15. The summed E-state index contributed by atoms with van der Waals surface area (Å²) in [5.74, 6) is 1.15. The predicted octanol–water partition coefficient (Wildman–Crippen LogP) is 2.64. The van der Waals surface area contributed by atoms with Crippen LogP contribution >= 0.6 is 0 Å². The van der Waals surface area contributed by atoms with E-state index in [4.69, 9.17) is 5.73 Å². The smallest absolute Gasteiger partial charge is 0.145 e. The molecule has 0 spiro atoms. The lowest BCUT2D eigenvalue weighted by Gasteiger charge is -2.07. The van der Waals surface area contributed by atoms with Gasteiger partial charge in [-0.05, 0) is 23.1 Å². The number of hydrogen-bond donors (Lipinski definition) is 1. The number of nitrogens with two attached hydrogens (primary N) is 1. The van der Waals surface area contributed by atoms with E-state index in [-0.39, 0.29) is 0 Å². The van der Waals surface area contributed by atoms with Crippen LogP contribution in [-0.4, -0.2) is 9.78 Å². The molecule has 0 aliphatic carbocycles. The van der Waals surface area contributed by atoms with E-state index in [1.165, 1.54) is 11.1 Å². The summed E-state index contributed by atoms with van der Waals surface area (Å²) in [6.45, 7) is 5.17. The topological polar surface area (TPSA) is 43.8 Å². The van der Waals surface area contributed by atoms with Gasteiger partial charge in [-0.3, -0.25) is 4.68 Å². The molecule has 3 heteroatoms. The van der Waals surface area contributed by atoms with Gasteiger partial charge in [0.15, 0.2) is 0 Å². The van der Waals surface area contributed by atoms with Crippen LogP contribution in [0.1, 0.15) is 30.9 Å². The first-order valence-corrected chi connectivity index (χ1v) is 5.53. The van der Waals surface area contributed by atoms with Crippen molar-refractivity contribution in [2.24, 2.45) is 0 Å². The standard InChI is InChI=1S/C13H17N3/c1-10(2)12-5-3-11(4-6-12)9-16-8-7-13(14)15-16/h3-8,10H,9H2,1-2H3,(H2,14,15). The third-order valence-electron chi connectivity index (χ3n) is 2.65. The number of nitrogen functional groups attached to an aromatic ring is 1. The number of rotatable bonds is 3. The van der Waals surface area contributed by atoms with Gasteiger partial charge in [0.25, 0.3) is 0 Å². The fourth-order valence-corrected chi connectivity index (χ4v) is 1.66. The minimum absolute atomic E-state index is 0.568. The largest absolute Gasteiger partial charge is 0.382 e. The number of anilines is 1. The van der Waals surface area contributed by atoms with Gasteiger partial charge in [0.05, 0.1) is 6.54 Å². The molecule has 1 aromatic carbocycles. The Labute approximate surface area is 95.9 Å². The zero-order chi connectivity index (χ0) is 11.5. The molecule has 0 amide bonds. The third-order valence-corrected chi connectivity index (χ3v) is 2.65. The van der Waals surface area contributed by atoms with Crippen molar-refractivity contribution in [2.75, 3.05) is 5.73 Å². The van der Waals surface area contributed by atoms with Crippen LogP contribution in [0.3, 0.4) is 0 Å². The number of hydrogen-bond acceptors (Lipinski definition) is 2. The summed E-state index contributed by atoms with van der Waals surface area (Å²) in [5, 5.41) is 4.16. The maximum atomic E-state index is 5.56. The second-order valence-electron chi connectivity index (χ2n) is 4.33. The fraction of sp³-hybridized carbons (Fsp3) is 0.308. The molecular formula is C13H17N3. The van der Waals surface area contributed by atoms with Gasteiger partial charge in [0, 0.05) is 6.20 Å². The lowest BCUT2D eigenvalue weighted by molar-refractivity contribution is 0.689. The number of aromatic nitrogens is 2. The van der Waals surface area contributed by atoms with E-state index in [0.717, 1.165) is 6.54 Å². The molecule has 0 aliphatic rings. The molecule has 0 saturated carbocycles. The SMILES string of the molecule is CC(C)c1ccc(Cn2ccc(N)n2)cc1. The first-order valence-electron chi connectivity index (χ1n) is 5.53. The third kappa shape index (κ3) is 2.42. The van der Waals surface area contributed by atoms with Crippen LogP contribution in [0.25, 0.3) is 0 Å². The summed E-state index contributed by atoms with van der Waals surface area (Å²) in [4.78, 5) is 0. The maximum absolute atomic E-state index is 5.56. The normalized spacial score (nSPS) is 10.9. The van der Waals surface area contributed by atoms with Gasteiger partial charge in [0.1, 0.15) is 5.82 Å². The second kappa shape index (κ2) is 4.39. The monoisotopic (exact) mass is 215 g/mol. The van der Waals surface area contributed by atoms with Crippen LogP contribution < -0.4 is 5.73 Å². The number of nitrogens with zero attached hydrogens (tertiary/aromatic N) is 2. The van der Waals surface area contributed by atoms with Crippen molar-refractivity contribution in [1.29, 1.82) is 0 Å². The zero-order valence-corrected chi connectivity index (χ0v) is 9.72. The molecule has 0 unspecified atom stereocenters. The summed E-state index contributed by atoms with van der Waals surface area (Å²) in [6.07, 6.45) is 1.89. The Morgan fingerprint density at radius 3 is 2.38 bits per heavy atom. The summed E-state index contributed by atoms with van der Waals surface area (Å²) in [6, 6.07) is 10.4. The molecule has 2 N–H and O–H groups in total. The average Bonchev–Trinajstić information content (AvgIpc) is 2.65. The van der Waals surface area contributed by atoms with E-state index in [1.54, 1.807) is 0 Å². The van der Waals surface area contributed by atoms with Crippen LogP contribution in [0.5, 0.6) is 0 Å². The van der Waals surface area contributed by atoms with Crippen LogP contribution in [0.15, 0.2) is 36.5 Å². The van der Waals surface area contributed by atoms with Crippen molar-refractivity contribution in [3.63, 3.8) is 0 Å². The van der Waals surface area contributed by atoms with Gasteiger partial charge < -0.3 is 5.73 Å². The predicted molar refractivity (Wildman–Crippen MR) is 66.3 cm³/mol. The Morgan fingerprint density at radius 1 is 1.19 bits per heavy atom. The first kappa shape index (κ1) is 10.7. The molecular weight excluding hydrogens is 198 g/mol. The molecule has 3 nitrogen and oxygen atoms in total. The highest BCUT2D eigenvalue weighted by molar-refractivity contribution is 5.27. The van der Waals surface area contributed by atoms with Crippen molar-refractivity contribution in [2.45, 2.75) is 26.3 Å². The zero-order valence-electron chi connectivity index (χ0n) is 9.72. The van der Waals surface area contributed by atoms with E-state index >= 15 is 0 Å². The van der Waals surface area contributed by atoms with E-state index in [9.17, 15) is 0 Å². The molecule has 0 saturated heterocycles. The van der Waals surface area contributed by atoms with Gasteiger partial charge in [-0.25, -0.2) is 0 Å². The summed E-state index contributed by atoms with van der Waals surface area (Å²) in [5.41, 5.74) is 8.17. The highest BCUT2D eigenvalue weighted by Gasteiger charge is 2.00. The van der Waals surface area contributed by atoms with Crippen molar-refractivity contribution in [3.8, 4) is 0 Å². The minimum Gasteiger partial charge on any atom is -0.382 e. The van der Waals surface area contributed by atoms with Crippen LogP contribution in [-0.2, 0) is 6.54 Å². The van der Waals surface area contributed by atoms with E-state index in [1.807, 2.05) is 16.9 Å². The average molecular weight is 215 g/mol. The number of benzene rings is 1. The molecule has 0 fully saturated rings. The van der Waals surface area contributed by atoms with E-state index in [0.29, 0.717) is 11.7 Å². The van der Waals surface area contributed by atoms with Gasteiger partial charge >= 0.3 is 0 Å². The molecule has 2 rings (SSSR count). The molecule has 0 aliphatic heterocycles. The van der Waals surface area contributed by atoms with E-state index in [2.05, 4.69) is 43.2 Å². The molecule has 2 aromatic rings. The maximum Gasteiger partial charge on any atom is 0.145 e. The van der Waals surface area contributed by atoms with Crippen LogP contribution in [0.2, 0.25) is 0 Å². The summed E-state index contributed by atoms with van der Waals surface area (Å²) >= 11 is 0. The van der Waals surface area contributed by atoms with Gasteiger partial charge in [0.2, 0.25) is 0 Å². The quantitative estimate of drug-likeness (QED) is 0.855. The van der Waals surface area contributed by atoms with Crippen LogP contribution in [0.4, 0.5) is 5.82 Å². The Kier molecular flexibility index (Phi) is 2.95. The lowest BCUT2D eigenvalue weighted by atomic mass is 10.0. The Balaban J connectivity index is 2.11. The molecule has 0 bridgehead atoms. The van der Waals surface area contributed by atoms with Crippen LogP contribution in [0, 0.1) is 0 Å².